The van der Waals surface area contributed by atoms with Crippen molar-refractivity contribution >= 4 is 33.2 Å². The maximum atomic E-state index is 12.7. The number of carbonyl (C=O) groups excluding carboxylic acids is 2. The Kier molecular flexibility index (Phi) is 3.78. The molecular formula is C17H16N2O4S2. The molecule has 130 valence electrons. The lowest BCUT2D eigenvalue weighted by Gasteiger charge is -2.22. The highest BCUT2D eigenvalue weighted by Crippen LogP contribution is 2.31. The third kappa shape index (κ3) is 2.52. The van der Waals surface area contributed by atoms with Crippen molar-refractivity contribution in [3.8, 4) is 0 Å². The first-order chi connectivity index (χ1) is 11.9. The molecule has 6 nitrogen and oxygen atoms in total. The van der Waals surface area contributed by atoms with Crippen LogP contribution < -0.4 is 0 Å². The largest absolute Gasteiger partial charge is 0.270 e. The minimum atomic E-state index is -3.58. The standard InChI is InChI=1S/C17H16N2O4S2/c1-11-6-7-15(24-11)25(22,23)18-9-8-12(10-18)19-16(20)13-4-2-3-5-14(13)17(19)21/h2-7,12H,8-10H2,1H3. The fraction of sp³-hybridized carbons (Fsp3) is 0.294. The molecular weight excluding hydrogens is 360 g/mol. The number of hydrogen-bond donors (Lipinski definition) is 0. The van der Waals surface area contributed by atoms with Crippen molar-refractivity contribution in [2.75, 3.05) is 13.1 Å². The van der Waals surface area contributed by atoms with E-state index >= 15 is 0 Å². The number of imide groups is 1. The molecule has 25 heavy (non-hydrogen) atoms. The number of hydrogen-bond acceptors (Lipinski definition) is 5. The summed E-state index contributed by atoms with van der Waals surface area (Å²) in [5, 5.41) is 0. The monoisotopic (exact) mass is 376 g/mol. The van der Waals surface area contributed by atoms with Crippen molar-refractivity contribution in [1.29, 1.82) is 0 Å². The number of amides is 2. The van der Waals surface area contributed by atoms with E-state index in [4.69, 9.17) is 0 Å². The summed E-state index contributed by atoms with van der Waals surface area (Å²) in [7, 11) is -3.58. The highest BCUT2D eigenvalue weighted by atomic mass is 32.2. The predicted molar refractivity (Wildman–Crippen MR) is 93.2 cm³/mol. The van der Waals surface area contributed by atoms with Crippen molar-refractivity contribution in [3.63, 3.8) is 0 Å². The molecule has 2 amide bonds. The van der Waals surface area contributed by atoms with Crippen LogP contribution >= 0.6 is 11.3 Å². The average Bonchev–Trinajstić information content (AvgIpc) is 3.29. The zero-order valence-electron chi connectivity index (χ0n) is 13.5. The number of fused-ring (bicyclic) bond motifs is 1. The minimum Gasteiger partial charge on any atom is -0.270 e. The number of thiophene rings is 1. The van der Waals surface area contributed by atoms with Crippen LogP contribution in [-0.2, 0) is 10.0 Å². The molecule has 0 saturated carbocycles. The fourth-order valence-corrected chi connectivity index (χ4v) is 6.29. The molecule has 1 atom stereocenters. The van der Waals surface area contributed by atoms with Gasteiger partial charge in [0.15, 0.2) is 0 Å². The summed E-state index contributed by atoms with van der Waals surface area (Å²) in [6.07, 6.45) is 0.453. The smallest absolute Gasteiger partial charge is 0.261 e. The van der Waals surface area contributed by atoms with Crippen LogP contribution in [0.1, 0.15) is 32.0 Å². The molecule has 3 heterocycles. The van der Waals surface area contributed by atoms with Crippen LogP contribution in [0, 0.1) is 6.92 Å². The van der Waals surface area contributed by atoms with Crippen LogP contribution in [0.4, 0.5) is 0 Å². The second-order valence-electron chi connectivity index (χ2n) is 6.20. The second kappa shape index (κ2) is 5.76. The SMILES string of the molecule is Cc1ccc(S(=O)(=O)N2CCC(N3C(=O)c4ccccc4C3=O)C2)s1. The first-order valence-electron chi connectivity index (χ1n) is 7.93. The molecule has 4 rings (SSSR count). The summed E-state index contributed by atoms with van der Waals surface area (Å²) in [6, 6.07) is 9.65. The van der Waals surface area contributed by atoms with E-state index in [2.05, 4.69) is 0 Å². The average molecular weight is 376 g/mol. The third-order valence-corrected chi connectivity index (χ3v) is 7.96. The minimum absolute atomic E-state index is 0.144. The Balaban J connectivity index is 1.58. The van der Waals surface area contributed by atoms with E-state index in [9.17, 15) is 18.0 Å². The molecule has 1 aromatic carbocycles. The summed E-state index contributed by atoms with van der Waals surface area (Å²) in [5.41, 5.74) is 0.783. The summed E-state index contributed by atoms with van der Waals surface area (Å²) >= 11 is 1.23. The first kappa shape index (κ1) is 16.4. The van der Waals surface area contributed by atoms with Crippen molar-refractivity contribution < 1.29 is 18.0 Å². The zero-order valence-corrected chi connectivity index (χ0v) is 15.1. The highest BCUT2D eigenvalue weighted by molar-refractivity contribution is 7.91. The van der Waals surface area contributed by atoms with Crippen molar-refractivity contribution in [2.24, 2.45) is 0 Å². The van der Waals surface area contributed by atoms with E-state index in [1.807, 2.05) is 6.92 Å². The van der Waals surface area contributed by atoms with Gasteiger partial charge in [0.05, 0.1) is 17.2 Å². The van der Waals surface area contributed by atoms with Gasteiger partial charge in [-0.15, -0.1) is 11.3 Å². The van der Waals surface area contributed by atoms with Gasteiger partial charge in [-0.25, -0.2) is 8.42 Å². The summed E-state index contributed by atoms with van der Waals surface area (Å²) in [4.78, 5) is 27.3. The summed E-state index contributed by atoms with van der Waals surface area (Å²) in [6.45, 7) is 2.30. The maximum absolute atomic E-state index is 12.7. The van der Waals surface area contributed by atoms with Crippen LogP contribution in [0.15, 0.2) is 40.6 Å². The quantitative estimate of drug-likeness (QED) is 0.769. The lowest BCUT2D eigenvalue weighted by atomic mass is 10.1. The molecule has 0 spiro atoms. The number of benzene rings is 1. The Labute approximate surface area is 149 Å². The molecule has 1 saturated heterocycles. The second-order valence-corrected chi connectivity index (χ2v) is 9.65. The molecule has 1 unspecified atom stereocenters. The number of sulfonamides is 1. The van der Waals surface area contributed by atoms with Gasteiger partial charge in [0.25, 0.3) is 21.8 Å². The Bertz CT molecular complexity index is 945. The van der Waals surface area contributed by atoms with Gasteiger partial charge in [0.1, 0.15) is 4.21 Å². The number of nitrogens with zero attached hydrogens (tertiary/aromatic N) is 2. The molecule has 0 bridgehead atoms. The topological polar surface area (TPSA) is 74.8 Å². The van der Waals surface area contributed by atoms with E-state index in [0.717, 1.165) is 4.88 Å². The van der Waals surface area contributed by atoms with Crippen LogP contribution in [0.5, 0.6) is 0 Å². The van der Waals surface area contributed by atoms with Gasteiger partial charge in [-0.1, -0.05) is 12.1 Å². The molecule has 0 aliphatic carbocycles. The zero-order chi connectivity index (χ0) is 17.8. The molecule has 2 aromatic rings. The maximum Gasteiger partial charge on any atom is 0.261 e. The van der Waals surface area contributed by atoms with Crippen LogP contribution in [0.2, 0.25) is 0 Å². The van der Waals surface area contributed by atoms with Gasteiger partial charge in [0.2, 0.25) is 0 Å². The van der Waals surface area contributed by atoms with E-state index < -0.39 is 16.1 Å². The summed E-state index contributed by atoms with van der Waals surface area (Å²) in [5.74, 6) is -0.673. The highest BCUT2D eigenvalue weighted by Gasteiger charge is 2.44. The van der Waals surface area contributed by atoms with E-state index in [1.165, 1.54) is 20.5 Å². The fourth-order valence-electron chi connectivity index (χ4n) is 3.36. The third-order valence-electron chi connectivity index (χ3n) is 4.63. The van der Waals surface area contributed by atoms with Gasteiger partial charge in [-0.3, -0.25) is 14.5 Å². The van der Waals surface area contributed by atoms with Crippen LogP contribution in [-0.4, -0.2) is 48.6 Å². The molecule has 2 aliphatic rings. The number of aryl methyl sites for hydroxylation is 1. The molecule has 8 heteroatoms. The van der Waals surface area contributed by atoms with Crippen molar-refractivity contribution in [3.05, 3.63) is 52.4 Å². The lowest BCUT2D eigenvalue weighted by molar-refractivity contribution is 0.0593. The van der Waals surface area contributed by atoms with Crippen LogP contribution in [0.3, 0.4) is 0 Å². The van der Waals surface area contributed by atoms with E-state index in [1.54, 1.807) is 36.4 Å². The van der Waals surface area contributed by atoms with Crippen molar-refractivity contribution in [2.45, 2.75) is 23.6 Å². The summed E-state index contributed by atoms with van der Waals surface area (Å²) < 4.78 is 27.1. The Morgan fingerprint density at radius 2 is 1.68 bits per heavy atom. The van der Waals surface area contributed by atoms with Gasteiger partial charge >= 0.3 is 0 Å². The van der Waals surface area contributed by atoms with E-state index in [-0.39, 0.29) is 18.4 Å². The Morgan fingerprint density at radius 1 is 1.04 bits per heavy atom. The van der Waals surface area contributed by atoms with E-state index in [0.29, 0.717) is 28.3 Å². The molecule has 0 radical (unpaired) electrons. The molecule has 1 fully saturated rings. The molecule has 2 aliphatic heterocycles. The van der Waals surface area contributed by atoms with Gasteiger partial charge in [0, 0.05) is 18.0 Å². The van der Waals surface area contributed by atoms with Gasteiger partial charge in [-0.2, -0.15) is 4.31 Å². The lowest BCUT2D eigenvalue weighted by Crippen LogP contribution is -2.42. The first-order valence-corrected chi connectivity index (χ1v) is 10.2. The van der Waals surface area contributed by atoms with Gasteiger partial charge < -0.3 is 0 Å². The Hall–Kier alpha value is -2.03. The molecule has 0 N–H and O–H groups in total. The number of rotatable bonds is 3. The Morgan fingerprint density at radius 3 is 2.24 bits per heavy atom. The van der Waals surface area contributed by atoms with Gasteiger partial charge in [-0.05, 0) is 37.6 Å². The molecule has 1 aromatic heterocycles. The number of carbonyl (C=O) groups is 2. The van der Waals surface area contributed by atoms with Crippen LogP contribution in [0.25, 0.3) is 0 Å². The van der Waals surface area contributed by atoms with Crippen molar-refractivity contribution in [1.82, 2.24) is 9.21 Å². The predicted octanol–water partition coefficient (Wildman–Crippen LogP) is 2.12. The normalized spacial score (nSPS) is 21.2.